The second-order valence-electron chi connectivity index (χ2n) is 5.97. The fourth-order valence-corrected chi connectivity index (χ4v) is 2.71. The second kappa shape index (κ2) is 5.36. The zero-order valence-electron chi connectivity index (χ0n) is 11.5. The predicted molar refractivity (Wildman–Crippen MR) is 68.9 cm³/mol. The van der Waals surface area contributed by atoms with Gasteiger partial charge in [-0.1, -0.05) is 6.92 Å². The van der Waals surface area contributed by atoms with E-state index in [1.165, 1.54) is 4.90 Å². The Balaban J connectivity index is 2.02. The van der Waals surface area contributed by atoms with Crippen molar-refractivity contribution in [2.45, 2.75) is 44.7 Å². The van der Waals surface area contributed by atoms with E-state index in [1.807, 2.05) is 13.8 Å². The van der Waals surface area contributed by atoms with Crippen molar-refractivity contribution in [1.29, 1.82) is 0 Å². The van der Waals surface area contributed by atoms with Crippen LogP contribution in [0, 0.1) is 5.92 Å². The van der Waals surface area contributed by atoms with Gasteiger partial charge >= 0.3 is 12.0 Å². The zero-order valence-corrected chi connectivity index (χ0v) is 11.5. The molecule has 2 N–H and O–H groups in total. The van der Waals surface area contributed by atoms with Gasteiger partial charge in [0.05, 0.1) is 12.1 Å². The second-order valence-corrected chi connectivity index (χ2v) is 5.97. The van der Waals surface area contributed by atoms with Crippen LogP contribution in [0.4, 0.5) is 4.79 Å². The first-order valence-electron chi connectivity index (χ1n) is 6.81. The fraction of sp³-hybridized carbons (Fsp3) is 0.846. The summed E-state index contributed by atoms with van der Waals surface area (Å²) in [5.74, 6) is -0.579. The van der Waals surface area contributed by atoms with Crippen molar-refractivity contribution in [3.63, 3.8) is 0 Å². The van der Waals surface area contributed by atoms with Crippen molar-refractivity contribution in [2.24, 2.45) is 5.92 Å². The minimum absolute atomic E-state index is 0.285. The van der Waals surface area contributed by atoms with Crippen LogP contribution in [0.15, 0.2) is 0 Å². The molecule has 0 aromatic rings. The fourth-order valence-electron chi connectivity index (χ4n) is 2.71. The highest BCUT2D eigenvalue weighted by Crippen LogP contribution is 2.24. The summed E-state index contributed by atoms with van der Waals surface area (Å²) in [6, 6.07) is -0.998. The largest absolute Gasteiger partial charge is 0.480 e. The summed E-state index contributed by atoms with van der Waals surface area (Å²) in [4.78, 5) is 25.0. The Bertz CT molecular complexity index is 366. The van der Waals surface area contributed by atoms with Gasteiger partial charge in [0.25, 0.3) is 0 Å². The molecule has 19 heavy (non-hydrogen) atoms. The maximum Gasteiger partial charge on any atom is 0.326 e. The monoisotopic (exact) mass is 270 g/mol. The van der Waals surface area contributed by atoms with Crippen LogP contribution in [-0.4, -0.2) is 53.3 Å². The highest BCUT2D eigenvalue weighted by atomic mass is 16.5. The first kappa shape index (κ1) is 14.1. The number of carboxylic acid groups (broad SMARTS) is 1. The van der Waals surface area contributed by atoms with Crippen LogP contribution >= 0.6 is 0 Å². The van der Waals surface area contributed by atoms with Gasteiger partial charge in [0, 0.05) is 13.2 Å². The van der Waals surface area contributed by atoms with Gasteiger partial charge in [-0.25, -0.2) is 9.59 Å². The van der Waals surface area contributed by atoms with E-state index in [0.717, 1.165) is 12.8 Å². The van der Waals surface area contributed by atoms with Gasteiger partial charge in [-0.2, -0.15) is 0 Å². The first-order chi connectivity index (χ1) is 8.91. The van der Waals surface area contributed by atoms with Crippen molar-refractivity contribution >= 4 is 12.0 Å². The van der Waals surface area contributed by atoms with Gasteiger partial charge in [-0.3, -0.25) is 0 Å². The number of nitrogens with zero attached hydrogens (tertiary/aromatic N) is 1. The summed E-state index contributed by atoms with van der Waals surface area (Å²) < 4.78 is 5.29. The smallest absolute Gasteiger partial charge is 0.326 e. The van der Waals surface area contributed by atoms with Crippen LogP contribution in [0.2, 0.25) is 0 Å². The summed E-state index contributed by atoms with van der Waals surface area (Å²) in [6.45, 7) is 5.58. The molecule has 2 rings (SSSR count). The molecule has 6 nitrogen and oxygen atoms in total. The maximum absolute atomic E-state index is 12.3. The third-order valence-electron chi connectivity index (χ3n) is 4.04. The van der Waals surface area contributed by atoms with Crippen LogP contribution in [0.1, 0.15) is 33.1 Å². The van der Waals surface area contributed by atoms with E-state index in [-0.39, 0.29) is 11.6 Å². The molecule has 2 aliphatic heterocycles. The Morgan fingerprint density at radius 2 is 2.21 bits per heavy atom. The number of rotatable bonds is 2. The van der Waals surface area contributed by atoms with E-state index in [9.17, 15) is 14.7 Å². The summed E-state index contributed by atoms with van der Waals surface area (Å²) in [6.07, 6.45) is 2.14. The van der Waals surface area contributed by atoms with Gasteiger partial charge in [0.2, 0.25) is 0 Å². The lowest BCUT2D eigenvalue weighted by Crippen LogP contribution is -2.58. The van der Waals surface area contributed by atoms with Crippen LogP contribution in [-0.2, 0) is 9.53 Å². The minimum atomic E-state index is -0.922. The number of likely N-dealkylation sites (tertiary alicyclic amines) is 1. The molecule has 108 valence electrons. The first-order valence-corrected chi connectivity index (χ1v) is 6.81. The van der Waals surface area contributed by atoms with Crippen molar-refractivity contribution in [1.82, 2.24) is 10.2 Å². The average Bonchev–Trinajstić information content (AvgIpc) is 2.75. The summed E-state index contributed by atoms with van der Waals surface area (Å²) in [7, 11) is 0. The topological polar surface area (TPSA) is 78.9 Å². The van der Waals surface area contributed by atoms with E-state index in [0.29, 0.717) is 32.1 Å². The van der Waals surface area contributed by atoms with Gasteiger partial charge in [0.15, 0.2) is 0 Å². The maximum atomic E-state index is 12.3. The Morgan fingerprint density at radius 1 is 1.47 bits per heavy atom. The highest BCUT2D eigenvalue weighted by Gasteiger charge is 2.38. The number of hydrogen-bond donors (Lipinski definition) is 2. The molecule has 0 spiro atoms. The minimum Gasteiger partial charge on any atom is -0.480 e. The Kier molecular flexibility index (Phi) is 3.99. The molecule has 0 saturated carbocycles. The molecule has 0 bridgehead atoms. The van der Waals surface area contributed by atoms with E-state index < -0.39 is 12.0 Å². The lowest BCUT2D eigenvalue weighted by atomic mass is 9.92. The number of carbonyl (C=O) groups excluding carboxylic acids is 1. The number of urea groups is 1. The summed E-state index contributed by atoms with van der Waals surface area (Å²) in [5.41, 5.74) is -0.372. The molecule has 2 heterocycles. The molecule has 0 aliphatic carbocycles. The molecule has 0 radical (unpaired) electrons. The Hall–Kier alpha value is -1.30. The summed E-state index contributed by atoms with van der Waals surface area (Å²) >= 11 is 0. The molecule has 2 saturated heterocycles. The molecule has 3 atom stereocenters. The number of nitrogens with one attached hydrogen (secondary N) is 1. The quantitative estimate of drug-likeness (QED) is 0.786. The van der Waals surface area contributed by atoms with Crippen LogP contribution in [0.5, 0.6) is 0 Å². The highest BCUT2D eigenvalue weighted by molar-refractivity contribution is 5.83. The van der Waals surface area contributed by atoms with Crippen molar-refractivity contribution in [3.8, 4) is 0 Å². The van der Waals surface area contributed by atoms with Gasteiger partial charge in [0.1, 0.15) is 6.04 Å². The van der Waals surface area contributed by atoms with Crippen molar-refractivity contribution < 1.29 is 19.4 Å². The van der Waals surface area contributed by atoms with E-state index in [1.54, 1.807) is 0 Å². The molecule has 2 fully saturated rings. The van der Waals surface area contributed by atoms with E-state index in [2.05, 4.69) is 5.32 Å². The Labute approximate surface area is 113 Å². The standard InChI is InChI=1S/C13H22N2O4/c1-9-3-5-15(10(7-9)11(16)17)12(18)14-13(2)4-6-19-8-13/h9-10H,3-8H2,1-2H3,(H,14,18)(H,16,17). The number of ether oxygens (including phenoxy) is 1. The lowest BCUT2D eigenvalue weighted by molar-refractivity contribution is -0.143. The molecule has 3 unspecified atom stereocenters. The number of hydrogen-bond acceptors (Lipinski definition) is 3. The molecule has 0 aromatic heterocycles. The molecule has 6 heteroatoms. The number of carboxylic acids is 1. The predicted octanol–water partition coefficient (Wildman–Crippen LogP) is 1.06. The average molecular weight is 270 g/mol. The van der Waals surface area contributed by atoms with Crippen molar-refractivity contribution in [2.75, 3.05) is 19.8 Å². The van der Waals surface area contributed by atoms with Gasteiger partial charge < -0.3 is 20.1 Å². The summed E-state index contributed by atoms with van der Waals surface area (Å²) in [5, 5.41) is 12.2. The van der Waals surface area contributed by atoms with Crippen molar-refractivity contribution in [3.05, 3.63) is 0 Å². The molecular formula is C13H22N2O4. The van der Waals surface area contributed by atoms with Crippen LogP contribution < -0.4 is 5.32 Å². The van der Waals surface area contributed by atoms with Crippen LogP contribution in [0.25, 0.3) is 0 Å². The third kappa shape index (κ3) is 3.18. The number of piperidine rings is 1. The zero-order chi connectivity index (χ0) is 14.0. The molecule has 2 aliphatic rings. The SMILES string of the molecule is CC1CCN(C(=O)NC2(C)CCOC2)C(C(=O)O)C1. The number of carbonyl (C=O) groups is 2. The third-order valence-corrected chi connectivity index (χ3v) is 4.04. The van der Waals surface area contributed by atoms with E-state index in [4.69, 9.17) is 4.74 Å². The van der Waals surface area contributed by atoms with Gasteiger partial charge in [-0.05, 0) is 32.1 Å². The van der Waals surface area contributed by atoms with Gasteiger partial charge in [-0.15, -0.1) is 0 Å². The Morgan fingerprint density at radius 3 is 2.79 bits per heavy atom. The molecule has 2 amide bonds. The van der Waals surface area contributed by atoms with Crippen LogP contribution in [0.3, 0.4) is 0 Å². The molecular weight excluding hydrogens is 248 g/mol. The van der Waals surface area contributed by atoms with E-state index >= 15 is 0 Å². The normalized spacial score (nSPS) is 35.2. The number of amides is 2. The number of aliphatic carboxylic acids is 1. The lowest BCUT2D eigenvalue weighted by Gasteiger charge is -2.38. The molecule has 0 aromatic carbocycles.